The SMILES string of the molecule is CCC(CC)NC(=O)N1CCC(C)CC1. The molecule has 0 aliphatic carbocycles. The van der Waals surface area contributed by atoms with Crippen LogP contribution in [-0.4, -0.2) is 30.1 Å². The number of urea groups is 1. The van der Waals surface area contributed by atoms with Gasteiger partial charge in [0, 0.05) is 19.1 Å². The van der Waals surface area contributed by atoms with Crippen LogP contribution in [0.4, 0.5) is 4.79 Å². The Morgan fingerprint density at radius 3 is 2.33 bits per heavy atom. The molecule has 1 fully saturated rings. The van der Waals surface area contributed by atoms with Gasteiger partial charge in [-0.1, -0.05) is 20.8 Å². The Labute approximate surface area is 93.2 Å². The van der Waals surface area contributed by atoms with Crippen LogP contribution in [0.2, 0.25) is 0 Å². The summed E-state index contributed by atoms with van der Waals surface area (Å²) in [6, 6.07) is 0.479. The van der Waals surface area contributed by atoms with Gasteiger partial charge in [-0.05, 0) is 31.6 Å². The topological polar surface area (TPSA) is 32.3 Å². The van der Waals surface area contributed by atoms with Crippen molar-refractivity contribution in [1.82, 2.24) is 10.2 Å². The fourth-order valence-electron chi connectivity index (χ4n) is 1.97. The Morgan fingerprint density at radius 2 is 1.87 bits per heavy atom. The Kier molecular flexibility index (Phi) is 4.92. The summed E-state index contributed by atoms with van der Waals surface area (Å²) in [5.41, 5.74) is 0. The first kappa shape index (κ1) is 12.3. The van der Waals surface area contributed by atoms with Crippen LogP contribution >= 0.6 is 0 Å². The maximum absolute atomic E-state index is 11.8. The molecule has 2 amide bonds. The summed E-state index contributed by atoms with van der Waals surface area (Å²) in [5.74, 6) is 0.780. The highest BCUT2D eigenvalue weighted by Gasteiger charge is 2.21. The predicted molar refractivity (Wildman–Crippen MR) is 62.9 cm³/mol. The molecule has 88 valence electrons. The number of rotatable bonds is 3. The van der Waals surface area contributed by atoms with Crippen molar-refractivity contribution in [2.24, 2.45) is 5.92 Å². The third-order valence-electron chi connectivity index (χ3n) is 3.38. The molecule has 0 atom stereocenters. The summed E-state index contributed by atoms with van der Waals surface area (Å²) >= 11 is 0. The van der Waals surface area contributed by atoms with Gasteiger partial charge in [-0.2, -0.15) is 0 Å². The van der Waals surface area contributed by atoms with Gasteiger partial charge in [-0.3, -0.25) is 0 Å². The quantitative estimate of drug-likeness (QED) is 0.766. The minimum atomic E-state index is 0.135. The van der Waals surface area contributed by atoms with Crippen LogP contribution in [-0.2, 0) is 0 Å². The molecular weight excluding hydrogens is 188 g/mol. The molecule has 0 bridgehead atoms. The zero-order chi connectivity index (χ0) is 11.3. The number of hydrogen-bond donors (Lipinski definition) is 1. The minimum Gasteiger partial charge on any atom is -0.335 e. The van der Waals surface area contributed by atoms with Gasteiger partial charge in [0.15, 0.2) is 0 Å². The van der Waals surface area contributed by atoms with Gasteiger partial charge in [-0.15, -0.1) is 0 Å². The molecule has 1 heterocycles. The molecule has 3 heteroatoms. The zero-order valence-electron chi connectivity index (χ0n) is 10.3. The zero-order valence-corrected chi connectivity index (χ0v) is 10.3. The van der Waals surface area contributed by atoms with E-state index in [4.69, 9.17) is 0 Å². The van der Waals surface area contributed by atoms with Crippen LogP contribution in [0.25, 0.3) is 0 Å². The first-order chi connectivity index (χ1) is 7.17. The molecule has 3 nitrogen and oxygen atoms in total. The summed E-state index contributed by atoms with van der Waals surface area (Å²) < 4.78 is 0. The van der Waals surface area contributed by atoms with Gasteiger partial charge < -0.3 is 10.2 Å². The molecule has 1 aliphatic heterocycles. The maximum atomic E-state index is 11.8. The number of carbonyl (C=O) groups is 1. The first-order valence-electron chi connectivity index (χ1n) is 6.22. The third-order valence-corrected chi connectivity index (χ3v) is 3.38. The standard InChI is InChI=1S/C12H24N2O/c1-4-11(5-2)13-12(15)14-8-6-10(3)7-9-14/h10-11H,4-9H2,1-3H3,(H,13,15). The molecule has 0 unspecified atom stereocenters. The normalized spacial score (nSPS) is 18.3. The third kappa shape index (κ3) is 3.73. The second kappa shape index (κ2) is 5.99. The Hall–Kier alpha value is -0.730. The summed E-state index contributed by atoms with van der Waals surface area (Å²) in [7, 11) is 0. The van der Waals surface area contributed by atoms with Crippen molar-refractivity contribution >= 4 is 6.03 Å². The van der Waals surface area contributed by atoms with Crippen LogP contribution in [0.3, 0.4) is 0 Å². The van der Waals surface area contributed by atoms with E-state index in [0.717, 1.165) is 44.7 Å². The van der Waals surface area contributed by atoms with E-state index in [1.807, 2.05) is 4.90 Å². The average Bonchev–Trinajstić information content (AvgIpc) is 2.26. The molecule has 0 radical (unpaired) electrons. The van der Waals surface area contributed by atoms with Gasteiger partial charge in [0.05, 0.1) is 0 Å². The number of piperidine rings is 1. The molecule has 1 rings (SSSR count). The van der Waals surface area contributed by atoms with Crippen LogP contribution in [0.15, 0.2) is 0 Å². The second-order valence-corrected chi connectivity index (χ2v) is 4.63. The monoisotopic (exact) mass is 212 g/mol. The highest BCUT2D eigenvalue weighted by molar-refractivity contribution is 5.74. The number of hydrogen-bond acceptors (Lipinski definition) is 1. The lowest BCUT2D eigenvalue weighted by atomic mass is 9.99. The van der Waals surface area contributed by atoms with Gasteiger partial charge in [0.2, 0.25) is 0 Å². The van der Waals surface area contributed by atoms with E-state index in [9.17, 15) is 4.79 Å². The van der Waals surface area contributed by atoms with Crippen molar-refractivity contribution in [3.05, 3.63) is 0 Å². The molecule has 1 aliphatic rings. The van der Waals surface area contributed by atoms with E-state index in [2.05, 4.69) is 26.1 Å². The number of nitrogens with zero attached hydrogens (tertiary/aromatic N) is 1. The molecule has 0 aromatic rings. The van der Waals surface area contributed by atoms with Crippen molar-refractivity contribution in [3.8, 4) is 0 Å². The largest absolute Gasteiger partial charge is 0.335 e. The summed E-state index contributed by atoms with van der Waals surface area (Å²) in [5, 5.41) is 3.09. The van der Waals surface area contributed by atoms with Crippen molar-refractivity contribution in [2.45, 2.75) is 52.5 Å². The first-order valence-corrected chi connectivity index (χ1v) is 6.22. The van der Waals surface area contributed by atoms with E-state index in [1.165, 1.54) is 0 Å². The van der Waals surface area contributed by atoms with Gasteiger partial charge in [0.25, 0.3) is 0 Å². The number of carbonyl (C=O) groups excluding carboxylic acids is 1. The van der Waals surface area contributed by atoms with E-state index < -0.39 is 0 Å². The van der Waals surface area contributed by atoms with Crippen molar-refractivity contribution in [1.29, 1.82) is 0 Å². The van der Waals surface area contributed by atoms with E-state index >= 15 is 0 Å². The van der Waals surface area contributed by atoms with Crippen molar-refractivity contribution in [3.63, 3.8) is 0 Å². The van der Waals surface area contributed by atoms with Gasteiger partial charge >= 0.3 is 6.03 Å². The Bertz CT molecular complexity index is 194. The van der Waals surface area contributed by atoms with E-state index in [1.54, 1.807) is 0 Å². The minimum absolute atomic E-state index is 0.135. The van der Waals surface area contributed by atoms with Gasteiger partial charge in [0.1, 0.15) is 0 Å². The Balaban J connectivity index is 2.33. The predicted octanol–water partition coefficient (Wildman–Crippen LogP) is 2.62. The van der Waals surface area contributed by atoms with E-state index in [-0.39, 0.29) is 6.03 Å². The molecule has 0 spiro atoms. The van der Waals surface area contributed by atoms with Crippen LogP contribution in [0.1, 0.15) is 46.5 Å². The highest BCUT2D eigenvalue weighted by atomic mass is 16.2. The van der Waals surface area contributed by atoms with Crippen molar-refractivity contribution in [2.75, 3.05) is 13.1 Å². The van der Waals surface area contributed by atoms with E-state index in [0.29, 0.717) is 6.04 Å². The second-order valence-electron chi connectivity index (χ2n) is 4.63. The lowest BCUT2D eigenvalue weighted by Gasteiger charge is -2.31. The molecule has 1 saturated heterocycles. The van der Waals surface area contributed by atoms with Crippen LogP contribution < -0.4 is 5.32 Å². The molecule has 15 heavy (non-hydrogen) atoms. The highest BCUT2D eigenvalue weighted by Crippen LogP contribution is 2.16. The van der Waals surface area contributed by atoms with Crippen LogP contribution in [0, 0.1) is 5.92 Å². The molecule has 1 N–H and O–H groups in total. The number of likely N-dealkylation sites (tertiary alicyclic amines) is 1. The molecule has 0 aromatic carbocycles. The summed E-state index contributed by atoms with van der Waals surface area (Å²) in [6.07, 6.45) is 4.34. The summed E-state index contributed by atoms with van der Waals surface area (Å²) in [4.78, 5) is 13.8. The average molecular weight is 212 g/mol. The lowest BCUT2D eigenvalue weighted by molar-refractivity contribution is 0.170. The lowest BCUT2D eigenvalue weighted by Crippen LogP contribution is -2.47. The smallest absolute Gasteiger partial charge is 0.317 e. The number of nitrogens with one attached hydrogen (secondary N) is 1. The summed E-state index contributed by atoms with van der Waals surface area (Å²) in [6.45, 7) is 8.34. The van der Waals surface area contributed by atoms with Crippen LogP contribution in [0.5, 0.6) is 0 Å². The fourth-order valence-corrected chi connectivity index (χ4v) is 1.97. The fraction of sp³-hybridized carbons (Fsp3) is 0.917. The molecule has 0 aromatic heterocycles. The van der Waals surface area contributed by atoms with Gasteiger partial charge in [-0.25, -0.2) is 4.79 Å². The molecular formula is C12H24N2O. The van der Waals surface area contributed by atoms with Crippen molar-refractivity contribution < 1.29 is 4.79 Å². The Morgan fingerprint density at radius 1 is 1.33 bits per heavy atom. The number of amides is 2. The maximum Gasteiger partial charge on any atom is 0.317 e. The molecule has 0 saturated carbocycles.